The Bertz CT molecular complexity index is 1780. The maximum atomic E-state index is 13.9. The Balaban J connectivity index is 0.00000177. The largest absolute Gasteiger partial charge is 0.483 e. The van der Waals surface area contributed by atoms with Crippen LogP contribution in [0.15, 0.2) is 84.9 Å². The van der Waals surface area contributed by atoms with Gasteiger partial charge in [0.25, 0.3) is 18.3 Å². The first kappa shape index (κ1) is 41.1. The highest BCUT2D eigenvalue weighted by Gasteiger charge is 2.49. The number of piperazine rings is 1. The summed E-state index contributed by atoms with van der Waals surface area (Å²) in [5, 5.41) is 19.5. The number of carbonyl (C=O) groups excluding carboxylic acids is 5. The van der Waals surface area contributed by atoms with E-state index in [0.29, 0.717) is 30.8 Å². The van der Waals surface area contributed by atoms with E-state index >= 15 is 0 Å². The van der Waals surface area contributed by atoms with Gasteiger partial charge in [0, 0.05) is 74.3 Å². The normalized spacial score (nSPS) is 24.6. The second-order valence-electron chi connectivity index (χ2n) is 15.5. The highest BCUT2D eigenvalue weighted by Crippen LogP contribution is 2.42. The van der Waals surface area contributed by atoms with Gasteiger partial charge >= 0.3 is 0 Å². The van der Waals surface area contributed by atoms with Gasteiger partial charge in [0.1, 0.15) is 6.04 Å². The van der Waals surface area contributed by atoms with Gasteiger partial charge in [0.05, 0.1) is 11.8 Å². The summed E-state index contributed by atoms with van der Waals surface area (Å²) in [6, 6.07) is 26.2. The van der Waals surface area contributed by atoms with E-state index in [1.165, 1.54) is 11.1 Å². The van der Waals surface area contributed by atoms with Gasteiger partial charge in [-0.05, 0) is 54.7 Å². The molecule has 0 bridgehead atoms. The summed E-state index contributed by atoms with van der Waals surface area (Å²) in [5.41, 5.74) is 3.17. The summed E-state index contributed by atoms with van der Waals surface area (Å²) in [6.45, 7) is 4.02. The highest BCUT2D eigenvalue weighted by atomic mass is 16.3. The molecule has 2 saturated heterocycles. The van der Waals surface area contributed by atoms with Crippen LogP contribution in [0.25, 0.3) is 0 Å². The maximum absolute atomic E-state index is 13.9. The molecule has 2 aliphatic heterocycles. The van der Waals surface area contributed by atoms with Gasteiger partial charge in [0.15, 0.2) is 0 Å². The molecular formula is C44H54N6O7. The van der Waals surface area contributed by atoms with Crippen LogP contribution < -0.4 is 21.3 Å². The molecule has 1 unspecified atom stereocenters. The molecule has 3 aromatic rings. The monoisotopic (exact) mass is 778 g/mol. The third-order valence-electron chi connectivity index (χ3n) is 11.5. The molecule has 2 aliphatic carbocycles. The smallest absolute Gasteiger partial charge is 0.290 e. The van der Waals surface area contributed by atoms with Crippen molar-refractivity contribution in [3.05, 3.63) is 107 Å². The molecule has 7 rings (SSSR count). The summed E-state index contributed by atoms with van der Waals surface area (Å²) in [4.78, 5) is 79.4. The van der Waals surface area contributed by atoms with Gasteiger partial charge in [-0.15, -0.1) is 0 Å². The standard InChI is InChI=1S/C43H52N6O5.CH2O2/c1-2-3-4-11-20-45-41(52)38-27-48(22-21-44-38)42(53)30-16-18-31(19-17-30)43(54)49-25-34(39(50)46-36-23-32(36)28-12-7-5-8-13-28)35(26-49)40(51)47-37-24-33(37)29-14-9-6-10-15-29;2-1-3/h5-10,12-19,32-38,44H,2-4,11,20-27H2,1H3,(H,45,52)(H,46,50)(H,47,51);1H,(H,2,3)/t32-,33-,34-,35-,36+,37+,38?;/m1./s1. The molecule has 57 heavy (non-hydrogen) atoms. The van der Waals surface area contributed by atoms with Crippen LogP contribution in [0.3, 0.4) is 0 Å². The van der Waals surface area contributed by atoms with Crippen LogP contribution in [-0.4, -0.2) is 108 Å². The zero-order valence-electron chi connectivity index (χ0n) is 32.5. The van der Waals surface area contributed by atoms with Crippen molar-refractivity contribution in [1.29, 1.82) is 0 Å². The Morgan fingerprint density at radius 2 is 1.18 bits per heavy atom. The quantitative estimate of drug-likeness (QED) is 0.122. The van der Waals surface area contributed by atoms with E-state index in [9.17, 15) is 24.0 Å². The van der Waals surface area contributed by atoms with Gasteiger partial charge < -0.3 is 36.2 Å². The fourth-order valence-corrected chi connectivity index (χ4v) is 8.04. The fourth-order valence-electron chi connectivity index (χ4n) is 8.04. The van der Waals surface area contributed by atoms with Crippen LogP contribution in [0.5, 0.6) is 0 Å². The van der Waals surface area contributed by atoms with E-state index in [2.05, 4.69) is 52.5 Å². The molecule has 13 nitrogen and oxygen atoms in total. The van der Waals surface area contributed by atoms with Crippen molar-refractivity contribution < 1.29 is 33.9 Å². The number of carbonyl (C=O) groups is 6. The molecule has 7 atom stereocenters. The van der Waals surface area contributed by atoms with E-state index in [4.69, 9.17) is 9.90 Å². The average Bonchev–Trinajstić information content (AvgIpc) is 4.15. The second kappa shape index (κ2) is 19.5. The van der Waals surface area contributed by atoms with Crippen molar-refractivity contribution in [1.82, 2.24) is 31.1 Å². The lowest BCUT2D eigenvalue weighted by molar-refractivity contribution is -0.133. The van der Waals surface area contributed by atoms with E-state index in [0.717, 1.165) is 38.5 Å². The SMILES string of the molecule is CCCCCCNC(=O)C1CN(C(=O)c2ccc(C(=O)N3C[C@@H](C(=O)N[C@H]4C[C@@H]4c4ccccc4)[C@H](C(=O)N[C@H]4C[C@@H]4c4ccccc4)C3)cc2)CCN1.O=CO. The predicted octanol–water partition coefficient (Wildman–Crippen LogP) is 3.53. The van der Waals surface area contributed by atoms with Gasteiger partial charge in [-0.2, -0.15) is 0 Å². The molecule has 0 aromatic heterocycles. The summed E-state index contributed by atoms with van der Waals surface area (Å²) in [6.07, 6.45) is 5.97. The molecule has 5 N–H and O–H groups in total. The van der Waals surface area contributed by atoms with Crippen molar-refractivity contribution in [2.75, 3.05) is 39.3 Å². The Labute approximate surface area is 333 Å². The highest BCUT2D eigenvalue weighted by molar-refractivity contribution is 5.99. The molecule has 4 fully saturated rings. The summed E-state index contributed by atoms with van der Waals surface area (Å²) in [7, 11) is 0. The lowest BCUT2D eigenvalue weighted by Gasteiger charge is -2.33. The van der Waals surface area contributed by atoms with Crippen molar-refractivity contribution in [2.24, 2.45) is 11.8 Å². The molecule has 5 amide bonds. The summed E-state index contributed by atoms with van der Waals surface area (Å²) in [5.74, 6) is -1.89. The van der Waals surface area contributed by atoms with E-state index in [1.54, 1.807) is 34.1 Å². The number of nitrogens with one attached hydrogen (secondary N) is 4. The lowest BCUT2D eigenvalue weighted by atomic mass is 9.94. The summed E-state index contributed by atoms with van der Waals surface area (Å²) < 4.78 is 0. The summed E-state index contributed by atoms with van der Waals surface area (Å²) >= 11 is 0. The predicted molar refractivity (Wildman–Crippen MR) is 214 cm³/mol. The third-order valence-corrected chi connectivity index (χ3v) is 11.5. The number of amides is 5. The molecular weight excluding hydrogens is 725 g/mol. The van der Waals surface area contributed by atoms with Gasteiger partial charge in [-0.1, -0.05) is 86.8 Å². The lowest BCUT2D eigenvalue weighted by Crippen LogP contribution is -2.58. The fraction of sp³-hybridized carbons (Fsp3) is 0.455. The molecule has 4 aliphatic rings. The van der Waals surface area contributed by atoms with Gasteiger partial charge in [0.2, 0.25) is 17.7 Å². The van der Waals surface area contributed by atoms with Crippen LogP contribution >= 0.6 is 0 Å². The van der Waals surface area contributed by atoms with Crippen LogP contribution in [-0.2, 0) is 19.2 Å². The number of likely N-dealkylation sites (tertiary alicyclic amines) is 1. The number of rotatable bonds is 14. The third kappa shape index (κ3) is 10.6. The minimum Gasteiger partial charge on any atom is -0.483 e. The number of unbranched alkanes of at least 4 members (excludes halogenated alkanes) is 3. The molecule has 3 aromatic carbocycles. The first-order valence-corrected chi connectivity index (χ1v) is 20.2. The minimum absolute atomic E-state index is 0.000217. The van der Waals surface area contributed by atoms with Gasteiger partial charge in [-0.3, -0.25) is 28.8 Å². The topological polar surface area (TPSA) is 177 Å². The average molecular weight is 779 g/mol. The number of hydrogen-bond acceptors (Lipinski definition) is 7. The number of benzene rings is 3. The Morgan fingerprint density at radius 3 is 1.67 bits per heavy atom. The molecule has 0 radical (unpaired) electrons. The molecule has 13 heteroatoms. The zero-order valence-corrected chi connectivity index (χ0v) is 32.5. The van der Waals surface area contributed by atoms with E-state index in [-0.39, 0.29) is 79.6 Å². The van der Waals surface area contributed by atoms with Crippen molar-refractivity contribution in [2.45, 2.75) is 75.4 Å². The minimum atomic E-state index is -0.685. The Hall–Kier alpha value is -5.56. The molecule has 2 heterocycles. The first-order valence-electron chi connectivity index (χ1n) is 20.2. The van der Waals surface area contributed by atoms with Crippen LogP contribution in [0.4, 0.5) is 0 Å². The number of nitrogens with zero attached hydrogens (tertiary/aromatic N) is 2. The van der Waals surface area contributed by atoms with Crippen molar-refractivity contribution in [3.8, 4) is 0 Å². The van der Waals surface area contributed by atoms with Crippen LogP contribution in [0.2, 0.25) is 0 Å². The second-order valence-corrected chi connectivity index (χ2v) is 15.5. The zero-order chi connectivity index (χ0) is 40.3. The van der Waals surface area contributed by atoms with Crippen LogP contribution in [0.1, 0.15) is 89.1 Å². The Kier molecular flexibility index (Phi) is 14.1. The van der Waals surface area contributed by atoms with E-state index < -0.39 is 17.9 Å². The van der Waals surface area contributed by atoms with Gasteiger partial charge in [-0.25, -0.2) is 0 Å². The maximum Gasteiger partial charge on any atom is 0.290 e. The Morgan fingerprint density at radius 1 is 0.684 bits per heavy atom. The number of hydrogen-bond donors (Lipinski definition) is 5. The molecule has 0 spiro atoms. The first-order chi connectivity index (χ1) is 27.7. The van der Waals surface area contributed by atoms with Crippen LogP contribution in [0, 0.1) is 11.8 Å². The molecule has 302 valence electrons. The van der Waals surface area contributed by atoms with Crippen molar-refractivity contribution >= 4 is 36.0 Å². The van der Waals surface area contributed by atoms with Crippen molar-refractivity contribution in [3.63, 3.8) is 0 Å². The number of carboxylic acid groups (broad SMARTS) is 1. The molecule has 2 saturated carbocycles. The van der Waals surface area contributed by atoms with E-state index in [1.807, 2.05) is 36.4 Å².